The van der Waals surface area contributed by atoms with Gasteiger partial charge in [-0.25, -0.2) is 0 Å². The lowest BCUT2D eigenvalue weighted by Crippen LogP contribution is -2.13. The Hall–Kier alpha value is -0.770. The number of carbonyl (C=O) groups excluding carboxylic acids is 1. The van der Waals surface area contributed by atoms with E-state index in [1.165, 1.54) is 0 Å². The number of terminal acetylenes is 1. The van der Waals surface area contributed by atoms with Crippen molar-refractivity contribution in [3.8, 4) is 12.3 Å². The second kappa shape index (κ2) is 3.41. The van der Waals surface area contributed by atoms with Crippen LogP contribution in [0.15, 0.2) is 0 Å². The lowest BCUT2D eigenvalue weighted by Gasteiger charge is -2.20. The van der Waals surface area contributed by atoms with Gasteiger partial charge in [-0.15, -0.1) is 12.3 Å². The average Bonchev–Trinajstić information content (AvgIpc) is 2.05. The molecule has 0 aromatic rings. The highest BCUT2D eigenvalue weighted by Gasteiger charge is 2.18. The molecule has 0 aromatic carbocycles. The first-order chi connectivity index (χ1) is 4.86. The number of hydrogen-bond acceptors (Lipinski definition) is 1. The lowest BCUT2D eigenvalue weighted by atomic mass is 9.83. The van der Waals surface area contributed by atoms with E-state index in [0.717, 1.165) is 32.0 Å². The van der Waals surface area contributed by atoms with Crippen molar-refractivity contribution in [3.05, 3.63) is 0 Å². The fourth-order valence-electron chi connectivity index (χ4n) is 1.42. The van der Waals surface area contributed by atoms with Crippen LogP contribution in [0.1, 0.15) is 25.7 Å². The zero-order valence-corrected chi connectivity index (χ0v) is 6.05. The van der Waals surface area contributed by atoms with Crippen molar-refractivity contribution >= 4 is 6.29 Å². The molecule has 0 bridgehead atoms. The lowest BCUT2D eigenvalue weighted by molar-refractivity contribution is -0.112. The summed E-state index contributed by atoms with van der Waals surface area (Å²) in [6.45, 7) is 0. The van der Waals surface area contributed by atoms with E-state index >= 15 is 0 Å². The molecule has 1 aliphatic rings. The van der Waals surface area contributed by atoms with Gasteiger partial charge in [0.1, 0.15) is 6.29 Å². The summed E-state index contributed by atoms with van der Waals surface area (Å²) < 4.78 is 0. The van der Waals surface area contributed by atoms with Crippen LogP contribution in [0.3, 0.4) is 0 Å². The minimum absolute atomic E-state index is 0.296. The Balaban J connectivity index is 2.32. The van der Waals surface area contributed by atoms with Gasteiger partial charge in [0.25, 0.3) is 0 Å². The van der Waals surface area contributed by atoms with E-state index in [1.54, 1.807) is 0 Å². The third-order valence-corrected chi connectivity index (χ3v) is 2.20. The molecule has 1 saturated carbocycles. The molecule has 0 unspecified atom stereocenters. The normalized spacial score (nSPS) is 32.7. The van der Waals surface area contributed by atoms with E-state index in [0.29, 0.717) is 11.8 Å². The summed E-state index contributed by atoms with van der Waals surface area (Å²) in [6.07, 6.45) is 10.4. The van der Waals surface area contributed by atoms with Crippen LogP contribution in [0, 0.1) is 24.2 Å². The van der Waals surface area contributed by atoms with Crippen LogP contribution >= 0.6 is 0 Å². The Bertz CT molecular complexity index is 147. The summed E-state index contributed by atoms with van der Waals surface area (Å²) in [5.74, 6) is 3.47. The molecule has 0 heterocycles. The fraction of sp³-hybridized carbons (Fsp3) is 0.667. The van der Waals surface area contributed by atoms with Gasteiger partial charge in [0.05, 0.1) is 0 Å². The van der Waals surface area contributed by atoms with Crippen molar-refractivity contribution in [2.75, 3.05) is 0 Å². The summed E-state index contributed by atoms with van der Waals surface area (Å²) >= 11 is 0. The molecule has 0 aromatic heterocycles. The molecule has 0 N–H and O–H groups in total. The smallest absolute Gasteiger partial charge is 0.123 e. The van der Waals surface area contributed by atoms with E-state index in [2.05, 4.69) is 5.92 Å². The minimum Gasteiger partial charge on any atom is -0.303 e. The molecule has 0 aliphatic heterocycles. The van der Waals surface area contributed by atoms with Crippen LogP contribution in [0.25, 0.3) is 0 Å². The molecule has 0 saturated heterocycles. The largest absolute Gasteiger partial charge is 0.303 e. The van der Waals surface area contributed by atoms with Crippen molar-refractivity contribution in [2.24, 2.45) is 11.8 Å². The van der Waals surface area contributed by atoms with Crippen LogP contribution in [0.4, 0.5) is 0 Å². The van der Waals surface area contributed by atoms with E-state index < -0.39 is 0 Å². The Labute approximate surface area is 61.8 Å². The Morgan fingerprint density at radius 2 is 1.90 bits per heavy atom. The number of carbonyl (C=O) groups is 1. The molecule has 0 atom stereocenters. The Kier molecular flexibility index (Phi) is 2.50. The zero-order chi connectivity index (χ0) is 7.40. The third-order valence-electron chi connectivity index (χ3n) is 2.20. The monoisotopic (exact) mass is 136 g/mol. The highest BCUT2D eigenvalue weighted by Crippen LogP contribution is 2.26. The molecule has 1 heteroatoms. The molecule has 0 amide bonds. The van der Waals surface area contributed by atoms with E-state index in [9.17, 15) is 4.79 Å². The first-order valence-corrected chi connectivity index (χ1v) is 3.78. The number of hydrogen-bond donors (Lipinski definition) is 0. The van der Waals surface area contributed by atoms with E-state index in [-0.39, 0.29) is 0 Å². The summed E-state index contributed by atoms with van der Waals surface area (Å²) in [6, 6.07) is 0. The first-order valence-electron chi connectivity index (χ1n) is 3.78. The van der Waals surface area contributed by atoms with Crippen LogP contribution in [0.5, 0.6) is 0 Å². The van der Waals surface area contributed by atoms with Crippen molar-refractivity contribution in [3.63, 3.8) is 0 Å². The summed E-state index contributed by atoms with van der Waals surface area (Å²) in [7, 11) is 0. The second-order valence-electron chi connectivity index (χ2n) is 2.91. The molecule has 0 radical (unpaired) electrons. The summed E-state index contributed by atoms with van der Waals surface area (Å²) in [5.41, 5.74) is 0. The standard InChI is InChI=1S/C9H12O/c1-2-8-3-5-9(7-10)6-4-8/h1,7-9H,3-6H2. The summed E-state index contributed by atoms with van der Waals surface area (Å²) in [4.78, 5) is 10.3. The molecule has 10 heavy (non-hydrogen) atoms. The SMILES string of the molecule is C#CC1CCC(C=O)CC1. The molecule has 54 valence electrons. The number of aldehydes is 1. The van der Waals surface area contributed by atoms with Gasteiger partial charge in [0.15, 0.2) is 0 Å². The molecule has 0 spiro atoms. The highest BCUT2D eigenvalue weighted by atomic mass is 16.1. The molecular weight excluding hydrogens is 124 g/mol. The topological polar surface area (TPSA) is 17.1 Å². The van der Waals surface area contributed by atoms with Crippen LogP contribution in [-0.4, -0.2) is 6.29 Å². The second-order valence-corrected chi connectivity index (χ2v) is 2.91. The van der Waals surface area contributed by atoms with Crippen LogP contribution < -0.4 is 0 Å². The molecule has 1 nitrogen and oxygen atoms in total. The van der Waals surface area contributed by atoms with Crippen molar-refractivity contribution < 1.29 is 4.79 Å². The van der Waals surface area contributed by atoms with Crippen LogP contribution in [-0.2, 0) is 4.79 Å². The van der Waals surface area contributed by atoms with Gasteiger partial charge < -0.3 is 4.79 Å². The van der Waals surface area contributed by atoms with Crippen molar-refractivity contribution in [1.82, 2.24) is 0 Å². The van der Waals surface area contributed by atoms with Gasteiger partial charge >= 0.3 is 0 Å². The van der Waals surface area contributed by atoms with Gasteiger partial charge in [0.2, 0.25) is 0 Å². The molecule has 1 rings (SSSR count). The van der Waals surface area contributed by atoms with Crippen molar-refractivity contribution in [2.45, 2.75) is 25.7 Å². The predicted molar refractivity (Wildman–Crippen MR) is 40.3 cm³/mol. The maximum absolute atomic E-state index is 10.3. The van der Waals surface area contributed by atoms with Gasteiger partial charge in [0, 0.05) is 11.8 Å². The quantitative estimate of drug-likeness (QED) is 0.395. The van der Waals surface area contributed by atoms with Crippen LogP contribution in [0.2, 0.25) is 0 Å². The summed E-state index contributed by atoms with van der Waals surface area (Å²) in [5, 5.41) is 0. The average molecular weight is 136 g/mol. The Morgan fingerprint density at radius 3 is 2.30 bits per heavy atom. The van der Waals surface area contributed by atoms with Gasteiger partial charge in [-0.3, -0.25) is 0 Å². The number of rotatable bonds is 1. The fourth-order valence-corrected chi connectivity index (χ4v) is 1.42. The minimum atomic E-state index is 0.296. The Morgan fingerprint density at radius 1 is 1.30 bits per heavy atom. The maximum Gasteiger partial charge on any atom is 0.123 e. The third kappa shape index (κ3) is 1.60. The van der Waals surface area contributed by atoms with E-state index in [1.807, 2.05) is 0 Å². The predicted octanol–water partition coefficient (Wildman–Crippen LogP) is 1.62. The first kappa shape index (κ1) is 7.34. The maximum atomic E-state index is 10.3. The van der Waals surface area contributed by atoms with Crippen molar-refractivity contribution in [1.29, 1.82) is 0 Å². The highest BCUT2D eigenvalue weighted by molar-refractivity contribution is 5.53. The van der Waals surface area contributed by atoms with Gasteiger partial charge in [-0.05, 0) is 25.7 Å². The van der Waals surface area contributed by atoms with E-state index in [4.69, 9.17) is 6.42 Å². The molecular formula is C9H12O. The zero-order valence-electron chi connectivity index (χ0n) is 6.05. The van der Waals surface area contributed by atoms with Gasteiger partial charge in [-0.1, -0.05) is 0 Å². The van der Waals surface area contributed by atoms with Gasteiger partial charge in [-0.2, -0.15) is 0 Å². The molecule has 1 fully saturated rings. The molecule has 1 aliphatic carbocycles.